The molecule has 0 radical (unpaired) electrons. The van der Waals surface area contributed by atoms with Crippen molar-refractivity contribution in [2.75, 3.05) is 6.54 Å². The molecular weight excluding hydrogens is 285 g/mol. The van der Waals surface area contributed by atoms with E-state index in [0.717, 1.165) is 0 Å². The predicted molar refractivity (Wildman–Crippen MR) is 56.6 cm³/mol. The van der Waals surface area contributed by atoms with Gasteiger partial charge in [0.05, 0.1) is 12.6 Å². The van der Waals surface area contributed by atoms with Gasteiger partial charge >= 0.3 is 6.18 Å². The van der Waals surface area contributed by atoms with E-state index >= 15 is 0 Å². The molecule has 0 saturated carbocycles. The first-order valence-corrected chi connectivity index (χ1v) is 5.17. The summed E-state index contributed by atoms with van der Waals surface area (Å²) in [6, 6.07) is 7.48. The molecule has 86 valence electrons. The van der Waals surface area contributed by atoms with Crippen LogP contribution in [0.1, 0.15) is 11.6 Å². The van der Waals surface area contributed by atoms with E-state index in [1.54, 1.807) is 30.3 Å². The molecule has 16 heavy (non-hydrogen) atoms. The molecule has 0 fully saturated rings. The lowest BCUT2D eigenvalue weighted by Gasteiger charge is -2.14. The zero-order valence-electron chi connectivity index (χ0n) is 8.05. The van der Waals surface area contributed by atoms with Crippen molar-refractivity contribution in [2.24, 2.45) is 0 Å². The Bertz CT molecular complexity index is 398. The Morgan fingerprint density at radius 1 is 1.38 bits per heavy atom. The molecule has 1 aromatic rings. The molecule has 0 bridgehead atoms. The van der Waals surface area contributed by atoms with Crippen LogP contribution >= 0.6 is 15.9 Å². The third-order valence-electron chi connectivity index (χ3n) is 1.85. The van der Waals surface area contributed by atoms with Gasteiger partial charge in [0.15, 0.2) is 0 Å². The number of rotatable bonds is 3. The highest BCUT2D eigenvalue weighted by Crippen LogP contribution is 2.23. The molecule has 0 aromatic heterocycles. The number of nitrogens with zero attached hydrogens (tertiary/aromatic N) is 1. The molecular formula is C10H8BrF3N2. The number of halogens is 4. The number of hydrogen-bond donors (Lipinski definition) is 1. The summed E-state index contributed by atoms with van der Waals surface area (Å²) < 4.78 is 36.6. The first-order chi connectivity index (χ1) is 7.44. The van der Waals surface area contributed by atoms with Crippen molar-refractivity contribution in [3.8, 4) is 6.07 Å². The van der Waals surface area contributed by atoms with Crippen molar-refractivity contribution in [2.45, 2.75) is 12.2 Å². The molecule has 0 heterocycles. The second kappa shape index (κ2) is 5.32. The summed E-state index contributed by atoms with van der Waals surface area (Å²) in [6.45, 7) is -1.19. The summed E-state index contributed by atoms with van der Waals surface area (Å²) in [6.07, 6.45) is -4.32. The van der Waals surface area contributed by atoms with E-state index in [1.165, 1.54) is 0 Å². The Hall–Kier alpha value is -1.06. The van der Waals surface area contributed by atoms with Crippen LogP contribution in [-0.2, 0) is 0 Å². The molecule has 0 spiro atoms. The van der Waals surface area contributed by atoms with E-state index in [4.69, 9.17) is 5.26 Å². The van der Waals surface area contributed by atoms with Gasteiger partial charge in [-0.25, -0.2) is 0 Å². The zero-order valence-corrected chi connectivity index (χ0v) is 9.64. The van der Waals surface area contributed by atoms with Gasteiger partial charge < -0.3 is 0 Å². The summed E-state index contributed by atoms with van der Waals surface area (Å²) >= 11 is 3.19. The van der Waals surface area contributed by atoms with Crippen molar-refractivity contribution >= 4 is 15.9 Å². The second-order valence-corrected chi connectivity index (χ2v) is 3.93. The maximum absolute atomic E-state index is 12.0. The van der Waals surface area contributed by atoms with E-state index in [-0.39, 0.29) is 0 Å². The summed E-state index contributed by atoms with van der Waals surface area (Å²) in [5, 5.41) is 11.0. The van der Waals surface area contributed by atoms with Gasteiger partial charge in [-0.05, 0) is 11.6 Å². The van der Waals surface area contributed by atoms with Crippen molar-refractivity contribution in [1.82, 2.24) is 5.32 Å². The molecule has 1 N–H and O–H groups in total. The SMILES string of the molecule is N#CC(NCC(F)(F)F)c1ccccc1Br. The van der Waals surface area contributed by atoms with Gasteiger partial charge in [0.2, 0.25) is 0 Å². The van der Waals surface area contributed by atoms with Gasteiger partial charge in [0.1, 0.15) is 6.04 Å². The topological polar surface area (TPSA) is 35.8 Å². The minimum atomic E-state index is -4.32. The number of hydrogen-bond acceptors (Lipinski definition) is 2. The summed E-state index contributed by atoms with van der Waals surface area (Å²) in [7, 11) is 0. The maximum atomic E-state index is 12.0. The van der Waals surface area contributed by atoms with E-state index in [2.05, 4.69) is 21.2 Å². The lowest BCUT2D eigenvalue weighted by Crippen LogP contribution is -2.31. The van der Waals surface area contributed by atoms with Crippen molar-refractivity contribution in [3.05, 3.63) is 34.3 Å². The van der Waals surface area contributed by atoms with Gasteiger partial charge in [0, 0.05) is 4.47 Å². The van der Waals surface area contributed by atoms with Crippen LogP contribution in [0.15, 0.2) is 28.7 Å². The first kappa shape index (κ1) is 13.0. The molecule has 1 aromatic carbocycles. The van der Waals surface area contributed by atoms with E-state index in [0.29, 0.717) is 10.0 Å². The fourth-order valence-electron chi connectivity index (χ4n) is 1.15. The highest BCUT2D eigenvalue weighted by molar-refractivity contribution is 9.10. The van der Waals surface area contributed by atoms with Crippen LogP contribution in [0, 0.1) is 11.3 Å². The molecule has 1 unspecified atom stereocenters. The van der Waals surface area contributed by atoms with E-state index in [1.807, 2.05) is 0 Å². The van der Waals surface area contributed by atoms with Crippen molar-refractivity contribution < 1.29 is 13.2 Å². The number of nitriles is 1. The lowest BCUT2D eigenvalue weighted by atomic mass is 10.1. The first-order valence-electron chi connectivity index (χ1n) is 4.38. The third-order valence-corrected chi connectivity index (χ3v) is 2.57. The van der Waals surface area contributed by atoms with Crippen LogP contribution in [0.3, 0.4) is 0 Å². The number of nitrogens with one attached hydrogen (secondary N) is 1. The Balaban J connectivity index is 2.77. The Morgan fingerprint density at radius 2 is 2.00 bits per heavy atom. The van der Waals surface area contributed by atoms with Gasteiger partial charge in [-0.3, -0.25) is 5.32 Å². The van der Waals surface area contributed by atoms with Gasteiger partial charge in [0.25, 0.3) is 0 Å². The van der Waals surface area contributed by atoms with E-state index < -0.39 is 18.8 Å². The standard InChI is InChI=1S/C10H8BrF3N2/c11-8-4-2-1-3-7(8)9(5-15)16-6-10(12,13)14/h1-4,9,16H,6H2. The highest BCUT2D eigenvalue weighted by atomic mass is 79.9. The lowest BCUT2D eigenvalue weighted by molar-refractivity contribution is -0.125. The molecule has 0 aliphatic heterocycles. The molecule has 0 aliphatic rings. The second-order valence-electron chi connectivity index (χ2n) is 3.08. The Kier molecular flexibility index (Phi) is 4.33. The minimum absolute atomic E-state index is 0.495. The summed E-state index contributed by atoms with van der Waals surface area (Å²) in [5.74, 6) is 0. The van der Waals surface area contributed by atoms with Crippen LogP contribution in [0.5, 0.6) is 0 Å². The minimum Gasteiger partial charge on any atom is -0.290 e. The van der Waals surface area contributed by atoms with Crippen LogP contribution < -0.4 is 5.32 Å². The molecule has 1 atom stereocenters. The number of alkyl halides is 3. The molecule has 0 aliphatic carbocycles. The van der Waals surface area contributed by atoms with Gasteiger partial charge in [-0.1, -0.05) is 34.1 Å². The van der Waals surface area contributed by atoms with E-state index in [9.17, 15) is 13.2 Å². The van der Waals surface area contributed by atoms with Crippen LogP contribution in [0.4, 0.5) is 13.2 Å². The van der Waals surface area contributed by atoms with Crippen molar-refractivity contribution in [1.29, 1.82) is 5.26 Å². The van der Waals surface area contributed by atoms with Crippen LogP contribution in [0.25, 0.3) is 0 Å². The molecule has 6 heteroatoms. The molecule has 0 amide bonds. The fourth-order valence-corrected chi connectivity index (χ4v) is 1.67. The average Bonchev–Trinajstić information content (AvgIpc) is 2.20. The third kappa shape index (κ3) is 3.83. The predicted octanol–water partition coefficient (Wildman–Crippen LogP) is 3.17. The molecule has 1 rings (SSSR count). The average molecular weight is 293 g/mol. The highest BCUT2D eigenvalue weighted by Gasteiger charge is 2.28. The monoisotopic (exact) mass is 292 g/mol. The fraction of sp³-hybridized carbons (Fsp3) is 0.300. The number of benzene rings is 1. The molecule has 0 saturated heterocycles. The largest absolute Gasteiger partial charge is 0.401 e. The normalized spacial score (nSPS) is 13.2. The van der Waals surface area contributed by atoms with Gasteiger partial charge in [-0.2, -0.15) is 18.4 Å². The van der Waals surface area contributed by atoms with Crippen LogP contribution in [0.2, 0.25) is 0 Å². The quantitative estimate of drug-likeness (QED) is 0.929. The Labute approximate surface area is 99.2 Å². The molecule has 2 nitrogen and oxygen atoms in total. The van der Waals surface area contributed by atoms with Crippen LogP contribution in [-0.4, -0.2) is 12.7 Å². The maximum Gasteiger partial charge on any atom is 0.401 e. The van der Waals surface area contributed by atoms with Gasteiger partial charge in [-0.15, -0.1) is 0 Å². The summed E-state index contributed by atoms with van der Waals surface area (Å²) in [5.41, 5.74) is 0.495. The smallest absolute Gasteiger partial charge is 0.290 e. The Morgan fingerprint density at radius 3 is 2.50 bits per heavy atom. The zero-order chi connectivity index (χ0) is 12.2. The summed E-state index contributed by atoms with van der Waals surface area (Å²) in [4.78, 5) is 0. The van der Waals surface area contributed by atoms with Crippen molar-refractivity contribution in [3.63, 3.8) is 0 Å².